The number of pyridine rings is 1. The van der Waals surface area contributed by atoms with Crippen LogP contribution < -0.4 is 10.9 Å². The fourth-order valence-electron chi connectivity index (χ4n) is 6.93. The molecule has 0 bridgehead atoms. The highest BCUT2D eigenvalue weighted by Crippen LogP contribution is 2.53. The van der Waals surface area contributed by atoms with Crippen molar-refractivity contribution in [2.75, 3.05) is 11.9 Å². The zero-order chi connectivity index (χ0) is 29.1. The SMILES string of the molecule is Cc1cc(S(=O)(=O)C2CC3(CCN(C(C)C)C(=O)C3)C2)ccc1Nc1ncc2cc(Cl)c(=O)n(C3CCCC3)c2n1. The van der Waals surface area contributed by atoms with Crippen molar-refractivity contribution < 1.29 is 13.2 Å². The van der Waals surface area contributed by atoms with Crippen LogP contribution in [-0.2, 0) is 14.6 Å². The normalized spacial score (nSPS) is 23.5. The molecule has 1 aliphatic heterocycles. The molecule has 1 aromatic carbocycles. The zero-order valence-electron chi connectivity index (χ0n) is 23.7. The largest absolute Gasteiger partial charge is 0.340 e. The summed E-state index contributed by atoms with van der Waals surface area (Å²) in [5.41, 5.74) is 1.54. The number of fused-ring (bicyclic) bond motifs is 1. The highest BCUT2D eigenvalue weighted by molar-refractivity contribution is 7.92. The van der Waals surface area contributed by atoms with Crippen LogP contribution >= 0.6 is 11.6 Å². The third kappa shape index (κ3) is 5.03. The molecule has 2 aliphatic carbocycles. The Labute approximate surface area is 245 Å². The van der Waals surface area contributed by atoms with E-state index in [4.69, 9.17) is 11.6 Å². The number of carbonyl (C=O) groups excluding carboxylic acids is 1. The van der Waals surface area contributed by atoms with E-state index < -0.39 is 15.1 Å². The van der Waals surface area contributed by atoms with Crippen LogP contribution in [0, 0.1) is 12.3 Å². The highest BCUT2D eigenvalue weighted by atomic mass is 35.5. The third-order valence-electron chi connectivity index (χ3n) is 9.31. The Morgan fingerprint density at radius 3 is 2.51 bits per heavy atom. The molecule has 2 aromatic heterocycles. The average Bonchev–Trinajstić information content (AvgIpc) is 3.43. The molecule has 0 atom stereocenters. The Morgan fingerprint density at radius 2 is 1.85 bits per heavy atom. The van der Waals surface area contributed by atoms with E-state index in [-0.39, 0.29) is 38.9 Å². The van der Waals surface area contributed by atoms with Gasteiger partial charge in [0.25, 0.3) is 5.56 Å². The van der Waals surface area contributed by atoms with Crippen molar-refractivity contribution in [1.29, 1.82) is 0 Å². The number of benzene rings is 1. The summed E-state index contributed by atoms with van der Waals surface area (Å²) in [7, 11) is -3.52. The van der Waals surface area contributed by atoms with E-state index in [1.807, 2.05) is 25.7 Å². The molecule has 9 nitrogen and oxygen atoms in total. The molecule has 1 saturated heterocycles. The number of nitrogens with one attached hydrogen (secondary N) is 1. The van der Waals surface area contributed by atoms with Gasteiger partial charge in [0.1, 0.15) is 10.7 Å². The van der Waals surface area contributed by atoms with Gasteiger partial charge in [-0.25, -0.2) is 13.4 Å². The molecule has 3 aliphatic rings. The maximum atomic E-state index is 13.5. The number of anilines is 2. The second-order valence-electron chi connectivity index (χ2n) is 12.4. The van der Waals surface area contributed by atoms with Gasteiger partial charge < -0.3 is 10.2 Å². The molecule has 1 spiro atoms. The number of aryl methyl sites for hydroxylation is 1. The Morgan fingerprint density at radius 1 is 1.12 bits per heavy atom. The number of nitrogens with zero attached hydrogens (tertiary/aromatic N) is 4. The number of halogens is 1. The number of hydrogen-bond donors (Lipinski definition) is 1. The van der Waals surface area contributed by atoms with Gasteiger partial charge in [0.2, 0.25) is 11.9 Å². The first-order valence-electron chi connectivity index (χ1n) is 14.5. The third-order valence-corrected chi connectivity index (χ3v) is 11.7. The predicted octanol–water partition coefficient (Wildman–Crippen LogP) is 5.57. The summed E-state index contributed by atoms with van der Waals surface area (Å²) in [4.78, 5) is 36.9. The number of hydrogen-bond acceptors (Lipinski definition) is 7. The van der Waals surface area contributed by atoms with Gasteiger partial charge in [0.05, 0.1) is 10.1 Å². The minimum absolute atomic E-state index is 0.0594. The van der Waals surface area contributed by atoms with Gasteiger partial charge in [-0.05, 0) is 88.1 Å². The van der Waals surface area contributed by atoms with Gasteiger partial charge in [-0.3, -0.25) is 14.2 Å². The summed E-state index contributed by atoms with van der Waals surface area (Å²) in [6.07, 6.45) is 7.95. The molecule has 41 heavy (non-hydrogen) atoms. The van der Waals surface area contributed by atoms with Gasteiger partial charge in [0.15, 0.2) is 9.84 Å². The quantitative estimate of drug-likeness (QED) is 0.395. The zero-order valence-corrected chi connectivity index (χ0v) is 25.3. The number of carbonyl (C=O) groups is 1. The van der Waals surface area contributed by atoms with Crippen molar-refractivity contribution in [3.05, 3.63) is 51.4 Å². The molecule has 1 N–H and O–H groups in total. The van der Waals surface area contributed by atoms with E-state index in [0.29, 0.717) is 48.5 Å². The van der Waals surface area contributed by atoms with Gasteiger partial charge in [-0.2, -0.15) is 4.98 Å². The number of piperidine rings is 1. The van der Waals surface area contributed by atoms with E-state index in [9.17, 15) is 18.0 Å². The maximum absolute atomic E-state index is 13.5. The molecule has 3 heterocycles. The van der Waals surface area contributed by atoms with Gasteiger partial charge in [-0.15, -0.1) is 0 Å². The van der Waals surface area contributed by atoms with E-state index >= 15 is 0 Å². The minimum atomic E-state index is -3.52. The van der Waals surface area contributed by atoms with Crippen LogP contribution in [0.25, 0.3) is 11.0 Å². The Bertz CT molecular complexity index is 1690. The smallest absolute Gasteiger partial charge is 0.271 e. The summed E-state index contributed by atoms with van der Waals surface area (Å²) in [5.74, 6) is 0.454. The number of likely N-dealkylation sites (tertiary alicyclic amines) is 1. The maximum Gasteiger partial charge on any atom is 0.271 e. The Balaban J connectivity index is 1.20. The van der Waals surface area contributed by atoms with Crippen molar-refractivity contribution in [2.45, 2.75) is 94.4 Å². The molecule has 1 amide bonds. The van der Waals surface area contributed by atoms with Crippen LogP contribution in [0.1, 0.15) is 76.8 Å². The van der Waals surface area contributed by atoms with Crippen molar-refractivity contribution in [3.8, 4) is 0 Å². The second kappa shape index (κ2) is 10.4. The monoisotopic (exact) mass is 597 g/mol. The van der Waals surface area contributed by atoms with Crippen molar-refractivity contribution in [2.24, 2.45) is 5.41 Å². The number of rotatable bonds is 6. The van der Waals surface area contributed by atoms with Gasteiger partial charge in [0, 0.05) is 42.3 Å². The van der Waals surface area contributed by atoms with Crippen LogP contribution in [-0.4, -0.2) is 51.6 Å². The summed E-state index contributed by atoms with van der Waals surface area (Å²) < 4.78 is 28.7. The first kappa shape index (κ1) is 28.2. The van der Waals surface area contributed by atoms with Crippen LogP contribution in [0.2, 0.25) is 5.02 Å². The predicted molar refractivity (Wildman–Crippen MR) is 159 cm³/mol. The topological polar surface area (TPSA) is 114 Å². The van der Waals surface area contributed by atoms with Gasteiger partial charge in [-0.1, -0.05) is 24.4 Å². The van der Waals surface area contributed by atoms with E-state index in [2.05, 4.69) is 15.3 Å². The summed E-state index contributed by atoms with van der Waals surface area (Å²) >= 11 is 6.25. The molecule has 3 fully saturated rings. The lowest BCUT2D eigenvalue weighted by Crippen LogP contribution is -2.54. The molecule has 3 aromatic rings. The standard InChI is InChI=1S/C30H36ClN5O4S/c1-18(2)35-11-10-30(16-26(35)37)14-23(15-30)41(39,40)22-8-9-25(19(3)12-22)33-29-32-17-20-13-24(31)28(38)36(27(20)34-29)21-6-4-5-7-21/h8-9,12-13,17-18,21,23H,4-7,10-11,14-16H2,1-3H3,(H,32,33,34). The van der Waals surface area contributed by atoms with Crippen LogP contribution in [0.3, 0.4) is 0 Å². The van der Waals surface area contributed by atoms with E-state index in [1.165, 1.54) is 0 Å². The Kier molecular flexibility index (Phi) is 7.13. The lowest BCUT2D eigenvalue weighted by molar-refractivity contribution is -0.142. The molecule has 0 unspecified atom stereocenters. The lowest BCUT2D eigenvalue weighted by Gasteiger charge is -2.51. The molecule has 0 radical (unpaired) electrons. The fraction of sp³-hybridized carbons (Fsp3) is 0.533. The van der Waals surface area contributed by atoms with Crippen molar-refractivity contribution in [3.63, 3.8) is 0 Å². The summed E-state index contributed by atoms with van der Waals surface area (Å²) in [5, 5.41) is 3.59. The van der Waals surface area contributed by atoms with Crippen LogP contribution in [0.4, 0.5) is 11.6 Å². The van der Waals surface area contributed by atoms with E-state index in [1.54, 1.807) is 35.0 Å². The van der Waals surface area contributed by atoms with Crippen molar-refractivity contribution >= 4 is 50.0 Å². The number of aromatic nitrogens is 3. The lowest BCUT2D eigenvalue weighted by atomic mass is 9.62. The summed E-state index contributed by atoms with van der Waals surface area (Å²) in [6, 6.07) is 6.88. The molecule has 218 valence electrons. The molecular formula is C30H36ClN5O4S. The average molecular weight is 598 g/mol. The summed E-state index contributed by atoms with van der Waals surface area (Å²) in [6.45, 7) is 6.58. The molecular weight excluding hydrogens is 562 g/mol. The first-order valence-corrected chi connectivity index (χ1v) is 16.4. The van der Waals surface area contributed by atoms with Gasteiger partial charge >= 0.3 is 0 Å². The minimum Gasteiger partial charge on any atom is -0.340 e. The van der Waals surface area contributed by atoms with Crippen LogP contribution in [0.15, 0.2) is 40.2 Å². The second-order valence-corrected chi connectivity index (χ2v) is 15.0. The molecule has 11 heteroatoms. The molecule has 6 rings (SSSR count). The van der Waals surface area contributed by atoms with Crippen LogP contribution in [0.5, 0.6) is 0 Å². The highest BCUT2D eigenvalue weighted by Gasteiger charge is 2.53. The number of amides is 1. The van der Waals surface area contributed by atoms with E-state index in [0.717, 1.165) is 37.7 Å². The molecule has 2 saturated carbocycles. The first-order chi connectivity index (χ1) is 19.5. The fourth-order valence-corrected chi connectivity index (χ4v) is 9.27. The Hall–Kier alpha value is -2.98. The van der Waals surface area contributed by atoms with Crippen molar-refractivity contribution in [1.82, 2.24) is 19.4 Å². The number of sulfone groups is 1.